The Balaban J connectivity index is 2.13. The number of rotatable bonds is 6. The van der Waals surface area contributed by atoms with Gasteiger partial charge in [-0.1, -0.05) is 13.3 Å². The zero-order valence-corrected chi connectivity index (χ0v) is 11.4. The minimum Gasteiger partial charge on any atom is -0.328 e. The zero-order chi connectivity index (χ0) is 13.7. The van der Waals surface area contributed by atoms with Crippen LogP contribution in [0, 0.1) is 0 Å². The molecule has 0 saturated carbocycles. The summed E-state index contributed by atoms with van der Waals surface area (Å²) in [7, 11) is 2.11. The van der Waals surface area contributed by atoms with Crippen LogP contribution in [0.25, 0.3) is 11.3 Å². The average Bonchev–Trinajstić information content (AvgIpc) is 2.85. The first kappa shape index (κ1) is 13.5. The van der Waals surface area contributed by atoms with Crippen LogP contribution in [0.2, 0.25) is 0 Å². The number of aromatic amines is 2. The SMILES string of the molecule is CCCCN(C)Cc1cn[nH]c1-c1ccc(=O)[nH]c1. The van der Waals surface area contributed by atoms with Gasteiger partial charge in [-0.25, -0.2) is 0 Å². The number of nitrogens with zero attached hydrogens (tertiary/aromatic N) is 2. The molecule has 0 unspecified atom stereocenters. The number of H-pyrrole nitrogens is 2. The first-order chi connectivity index (χ1) is 9.20. The summed E-state index contributed by atoms with van der Waals surface area (Å²) >= 11 is 0. The predicted octanol–water partition coefficient (Wildman–Crippen LogP) is 2.00. The molecular weight excluding hydrogens is 240 g/mol. The quantitative estimate of drug-likeness (QED) is 0.835. The van der Waals surface area contributed by atoms with Crippen molar-refractivity contribution in [1.82, 2.24) is 20.1 Å². The van der Waals surface area contributed by atoms with E-state index in [1.54, 1.807) is 6.20 Å². The standard InChI is InChI=1S/C14H20N4O/c1-3-4-7-18(2)10-12-9-16-17-14(12)11-5-6-13(19)15-8-11/h5-6,8-9H,3-4,7,10H2,1-2H3,(H,15,19)(H,16,17). The predicted molar refractivity (Wildman–Crippen MR) is 75.9 cm³/mol. The topological polar surface area (TPSA) is 64.8 Å². The third-order valence-corrected chi connectivity index (χ3v) is 3.12. The summed E-state index contributed by atoms with van der Waals surface area (Å²) in [6, 6.07) is 3.34. The maximum absolute atomic E-state index is 11.1. The van der Waals surface area contributed by atoms with Crippen molar-refractivity contribution in [2.24, 2.45) is 0 Å². The van der Waals surface area contributed by atoms with Gasteiger partial charge in [0.2, 0.25) is 5.56 Å². The summed E-state index contributed by atoms with van der Waals surface area (Å²) in [6.07, 6.45) is 5.96. The number of aromatic nitrogens is 3. The second-order valence-electron chi connectivity index (χ2n) is 4.80. The van der Waals surface area contributed by atoms with E-state index in [9.17, 15) is 4.79 Å². The van der Waals surface area contributed by atoms with E-state index in [2.05, 4.69) is 34.1 Å². The van der Waals surface area contributed by atoms with Gasteiger partial charge in [0.25, 0.3) is 0 Å². The number of hydrogen-bond donors (Lipinski definition) is 2. The molecule has 102 valence electrons. The summed E-state index contributed by atoms with van der Waals surface area (Å²) < 4.78 is 0. The molecule has 0 amide bonds. The normalized spacial score (nSPS) is 11.1. The van der Waals surface area contributed by atoms with Gasteiger partial charge >= 0.3 is 0 Å². The van der Waals surface area contributed by atoms with E-state index in [1.807, 2.05) is 12.3 Å². The van der Waals surface area contributed by atoms with Crippen LogP contribution in [0.5, 0.6) is 0 Å². The van der Waals surface area contributed by atoms with Gasteiger partial charge in [-0.15, -0.1) is 0 Å². The Morgan fingerprint density at radius 3 is 2.89 bits per heavy atom. The lowest BCUT2D eigenvalue weighted by molar-refractivity contribution is 0.321. The Bertz CT molecular complexity index is 552. The molecule has 2 heterocycles. The molecule has 19 heavy (non-hydrogen) atoms. The minimum absolute atomic E-state index is 0.0927. The lowest BCUT2D eigenvalue weighted by atomic mass is 10.1. The molecule has 0 aliphatic heterocycles. The van der Waals surface area contributed by atoms with E-state index in [1.165, 1.54) is 18.9 Å². The fourth-order valence-electron chi connectivity index (χ4n) is 2.04. The van der Waals surface area contributed by atoms with Gasteiger partial charge in [-0.2, -0.15) is 5.10 Å². The van der Waals surface area contributed by atoms with Gasteiger partial charge in [0.05, 0.1) is 11.9 Å². The molecule has 2 rings (SSSR count). The van der Waals surface area contributed by atoms with Gasteiger partial charge in [0.15, 0.2) is 0 Å². The first-order valence-electron chi connectivity index (χ1n) is 6.60. The Labute approximate surface area is 112 Å². The minimum atomic E-state index is -0.0927. The van der Waals surface area contributed by atoms with Crippen LogP contribution in [-0.2, 0) is 6.54 Å². The van der Waals surface area contributed by atoms with Crippen molar-refractivity contribution in [3.05, 3.63) is 40.4 Å². The molecule has 0 atom stereocenters. The third-order valence-electron chi connectivity index (χ3n) is 3.12. The monoisotopic (exact) mass is 260 g/mol. The van der Waals surface area contributed by atoms with Crippen molar-refractivity contribution in [3.8, 4) is 11.3 Å². The highest BCUT2D eigenvalue weighted by molar-refractivity contribution is 5.61. The summed E-state index contributed by atoms with van der Waals surface area (Å²) in [6.45, 7) is 4.12. The van der Waals surface area contributed by atoms with Gasteiger partial charge in [-0.05, 0) is 26.1 Å². The number of unbranched alkanes of at least 4 members (excludes halogenated alkanes) is 1. The smallest absolute Gasteiger partial charge is 0.247 e. The third kappa shape index (κ3) is 3.54. The summed E-state index contributed by atoms with van der Waals surface area (Å²) in [4.78, 5) is 16.0. The molecule has 5 heteroatoms. The van der Waals surface area contributed by atoms with Gasteiger partial charge in [0.1, 0.15) is 0 Å². The van der Waals surface area contributed by atoms with Crippen molar-refractivity contribution >= 4 is 0 Å². The highest BCUT2D eigenvalue weighted by Gasteiger charge is 2.09. The molecule has 2 aromatic rings. The molecule has 0 aliphatic carbocycles. The van der Waals surface area contributed by atoms with Crippen LogP contribution >= 0.6 is 0 Å². The van der Waals surface area contributed by atoms with E-state index in [0.29, 0.717) is 0 Å². The van der Waals surface area contributed by atoms with Crippen LogP contribution in [0.4, 0.5) is 0 Å². The van der Waals surface area contributed by atoms with E-state index < -0.39 is 0 Å². The second-order valence-corrected chi connectivity index (χ2v) is 4.80. The molecule has 0 saturated heterocycles. The average molecular weight is 260 g/mol. The molecule has 0 bridgehead atoms. The fraction of sp³-hybridized carbons (Fsp3) is 0.429. The van der Waals surface area contributed by atoms with Crippen LogP contribution < -0.4 is 5.56 Å². The highest BCUT2D eigenvalue weighted by atomic mass is 16.1. The lowest BCUT2D eigenvalue weighted by Gasteiger charge is -2.15. The lowest BCUT2D eigenvalue weighted by Crippen LogP contribution is -2.19. The molecule has 2 aromatic heterocycles. The maximum Gasteiger partial charge on any atom is 0.247 e. The van der Waals surface area contributed by atoms with Gasteiger partial charge in [0, 0.05) is 29.9 Å². The zero-order valence-electron chi connectivity index (χ0n) is 11.4. The van der Waals surface area contributed by atoms with Crippen molar-refractivity contribution in [2.45, 2.75) is 26.3 Å². The molecular formula is C14H20N4O. The van der Waals surface area contributed by atoms with Crippen molar-refractivity contribution in [2.75, 3.05) is 13.6 Å². The highest BCUT2D eigenvalue weighted by Crippen LogP contribution is 2.20. The Hall–Kier alpha value is -1.88. The Morgan fingerprint density at radius 2 is 2.21 bits per heavy atom. The second kappa shape index (κ2) is 6.33. The fourth-order valence-corrected chi connectivity index (χ4v) is 2.04. The van der Waals surface area contributed by atoms with Crippen molar-refractivity contribution < 1.29 is 0 Å². The number of pyridine rings is 1. The Morgan fingerprint density at radius 1 is 1.37 bits per heavy atom. The van der Waals surface area contributed by atoms with E-state index >= 15 is 0 Å². The number of hydrogen-bond acceptors (Lipinski definition) is 3. The van der Waals surface area contributed by atoms with Crippen molar-refractivity contribution in [3.63, 3.8) is 0 Å². The molecule has 2 N–H and O–H groups in total. The van der Waals surface area contributed by atoms with Gasteiger partial charge in [-0.3, -0.25) is 9.89 Å². The molecule has 5 nitrogen and oxygen atoms in total. The maximum atomic E-state index is 11.1. The Kier molecular flexibility index (Phi) is 4.52. The van der Waals surface area contributed by atoms with Crippen LogP contribution in [-0.4, -0.2) is 33.7 Å². The van der Waals surface area contributed by atoms with E-state index in [0.717, 1.165) is 29.9 Å². The van der Waals surface area contributed by atoms with E-state index in [4.69, 9.17) is 0 Å². The summed E-state index contributed by atoms with van der Waals surface area (Å²) in [5.41, 5.74) is 2.98. The van der Waals surface area contributed by atoms with E-state index in [-0.39, 0.29) is 5.56 Å². The van der Waals surface area contributed by atoms with Crippen LogP contribution in [0.1, 0.15) is 25.3 Å². The van der Waals surface area contributed by atoms with Crippen molar-refractivity contribution in [1.29, 1.82) is 0 Å². The van der Waals surface area contributed by atoms with Crippen LogP contribution in [0.15, 0.2) is 29.3 Å². The van der Waals surface area contributed by atoms with Gasteiger partial charge < -0.3 is 9.88 Å². The summed E-state index contributed by atoms with van der Waals surface area (Å²) in [5, 5.41) is 7.11. The number of nitrogens with one attached hydrogen (secondary N) is 2. The largest absolute Gasteiger partial charge is 0.328 e. The molecule has 0 aliphatic rings. The molecule has 0 aromatic carbocycles. The van der Waals surface area contributed by atoms with Crippen LogP contribution in [0.3, 0.4) is 0 Å². The molecule has 0 spiro atoms. The first-order valence-corrected chi connectivity index (χ1v) is 6.60. The molecule has 0 fully saturated rings. The summed E-state index contributed by atoms with van der Waals surface area (Å²) in [5.74, 6) is 0. The molecule has 0 radical (unpaired) electrons.